The van der Waals surface area contributed by atoms with E-state index in [2.05, 4.69) is 5.32 Å². The van der Waals surface area contributed by atoms with Crippen molar-refractivity contribution in [1.29, 1.82) is 0 Å². The van der Waals surface area contributed by atoms with Crippen LogP contribution in [-0.4, -0.2) is 54.4 Å². The standard InChI is InChI=1S/C25H33NO6/c1-25(2,3)32-24(28)26-14-20-22(29-16-18-10-6-4-7-11-18)23(21(15-27)31-20)30-17-19-12-8-5-9-13-19/h4-13,20-23,27H,14-17H2,1-3H3,(H,26,28)/t20-,21-,22-,23-/m1/s1. The first kappa shape index (κ1) is 24.2. The first-order chi connectivity index (χ1) is 15.4. The summed E-state index contributed by atoms with van der Waals surface area (Å²) in [6.07, 6.45) is -2.56. The predicted molar refractivity (Wildman–Crippen MR) is 120 cm³/mol. The van der Waals surface area contributed by atoms with Crippen LogP contribution in [0, 0.1) is 0 Å². The van der Waals surface area contributed by atoms with E-state index in [0.29, 0.717) is 13.2 Å². The highest BCUT2D eigenvalue weighted by molar-refractivity contribution is 5.67. The fourth-order valence-corrected chi connectivity index (χ4v) is 3.55. The van der Waals surface area contributed by atoms with Gasteiger partial charge < -0.3 is 29.4 Å². The first-order valence-electron chi connectivity index (χ1n) is 10.9. The highest BCUT2D eigenvalue weighted by Gasteiger charge is 2.46. The quantitative estimate of drug-likeness (QED) is 0.618. The second kappa shape index (κ2) is 11.4. The van der Waals surface area contributed by atoms with Crippen LogP contribution in [0.2, 0.25) is 0 Å². The minimum Gasteiger partial charge on any atom is -0.444 e. The molecule has 32 heavy (non-hydrogen) atoms. The Kier molecular flexibility index (Phi) is 8.64. The molecule has 0 unspecified atom stereocenters. The third-order valence-electron chi connectivity index (χ3n) is 5.00. The molecule has 0 bridgehead atoms. The lowest BCUT2D eigenvalue weighted by Crippen LogP contribution is -2.43. The number of aliphatic hydroxyl groups excluding tert-OH is 1. The van der Waals surface area contributed by atoms with Crippen molar-refractivity contribution in [2.75, 3.05) is 13.2 Å². The zero-order chi connectivity index (χ0) is 23.0. The van der Waals surface area contributed by atoms with Gasteiger partial charge in [0.2, 0.25) is 0 Å². The van der Waals surface area contributed by atoms with Gasteiger partial charge in [0.25, 0.3) is 0 Å². The van der Waals surface area contributed by atoms with E-state index < -0.39 is 36.1 Å². The zero-order valence-electron chi connectivity index (χ0n) is 18.9. The van der Waals surface area contributed by atoms with E-state index in [1.807, 2.05) is 60.7 Å². The third-order valence-corrected chi connectivity index (χ3v) is 5.00. The van der Waals surface area contributed by atoms with E-state index in [9.17, 15) is 9.90 Å². The summed E-state index contributed by atoms with van der Waals surface area (Å²) >= 11 is 0. The Bertz CT molecular complexity index is 823. The molecular formula is C25H33NO6. The highest BCUT2D eigenvalue weighted by atomic mass is 16.6. The molecule has 0 aromatic heterocycles. The molecule has 1 amide bonds. The van der Waals surface area contributed by atoms with E-state index in [1.54, 1.807) is 20.8 Å². The van der Waals surface area contributed by atoms with Crippen molar-refractivity contribution in [2.24, 2.45) is 0 Å². The molecule has 0 spiro atoms. The fraction of sp³-hybridized carbons (Fsp3) is 0.480. The second-order valence-corrected chi connectivity index (χ2v) is 8.80. The maximum absolute atomic E-state index is 12.1. The number of carbonyl (C=O) groups excluding carboxylic acids is 1. The molecule has 174 valence electrons. The maximum Gasteiger partial charge on any atom is 0.407 e. The van der Waals surface area contributed by atoms with Crippen LogP contribution < -0.4 is 5.32 Å². The number of rotatable bonds is 9. The minimum atomic E-state index is -0.598. The number of hydrogen-bond acceptors (Lipinski definition) is 6. The lowest BCUT2D eigenvalue weighted by Gasteiger charge is -2.25. The molecule has 2 aromatic rings. The van der Waals surface area contributed by atoms with Crippen LogP contribution in [0.25, 0.3) is 0 Å². The third kappa shape index (κ3) is 7.31. The van der Waals surface area contributed by atoms with Gasteiger partial charge in [-0.3, -0.25) is 0 Å². The Labute approximate surface area is 189 Å². The summed E-state index contributed by atoms with van der Waals surface area (Å²) in [5.41, 5.74) is 1.43. The SMILES string of the molecule is CC(C)(C)OC(=O)NC[C@H]1O[C@H](CO)[C@@H](OCc2ccccc2)[C@@H]1OCc1ccccc1. The molecule has 1 saturated heterocycles. The molecule has 7 heteroatoms. The number of amides is 1. The van der Waals surface area contributed by atoms with E-state index in [1.165, 1.54) is 0 Å². The maximum atomic E-state index is 12.1. The van der Waals surface area contributed by atoms with Crippen molar-refractivity contribution in [3.8, 4) is 0 Å². The second-order valence-electron chi connectivity index (χ2n) is 8.80. The number of aliphatic hydroxyl groups is 1. The number of hydrogen-bond donors (Lipinski definition) is 2. The monoisotopic (exact) mass is 443 g/mol. The van der Waals surface area contributed by atoms with Crippen LogP contribution in [-0.2, 0) is 32.2 Å². The normalized spacial score (nSPS) is 23.1. The Balaban J connectivity index is 1.68. The van der Waals surface area contributed by atoms with Gasteiger partial charge in [0, 0.05) is 6.54 Å². The van der Waals surface area contributed by atoms with Gasteiger partial charge in [0.1, 0.15) is 30.0 Å². The Morgan fingerprint density at radius 3 is 1.88 bits per heavy atom. The van der Waals surface area contributed by atoms with Gasteiger partial charge in [0.15, 0.2) is 0 Å². The van der Waals surface area contributed by atoms with Crippen LogP contribution in [0.3, 0.4) is 0 Å². The van der Waals surface area contributed by atoms with Gasteiger partial charge in [-0.25, -0.2) is 4.79 Å². The summed E-state index contributed by atoms with van der Waals surface area (Å²) in [6, 6.07) is 19.6. The lowest BCUT2D eigenvalue weighted by molar-refractivity contribution is -0.0832. The molecule has 0 saturated carbocycles. The number of ether oxygens (including phenoxy) is 4. The Morgan fingerprint density at radius 1 is 0.906 bits per heavy atom. The summed E-state index contributed by atoms with van der Waals surface area (Å²) in [4.78, 5) is 12.1. The summed E-state index contributed by atoms with van der Waals surface area (Å²) in [6.45, 7) is 6.10. The smallest absolute Gasteiger partial charge is 0.407 e. The topological polar surface area (TPSA) is 86.3 Å². The molecule has 0 radical (unpaired) electrons. The van der Waals surface area contributed by atoms with Crippen LogP contribution in [0.4, 0.5) is 4.79 Å². The largest absolute Gasteiger partial charge is 0.444 e. The molecule has 2 aromatic carbocycles. The lowest BCUT2D eigenvalue weighted by atomic mass is 10.1. The van der Waals surface area contributed by atoms with Gasteiger partial charge in [-0.05, 0) is 31.9 Å². The number of nitrogens with one attached hydrogen (secondary N) is 1. The molecule has 1 aliphatic rings. The van der Waals surface area contributed by atoms with Crippen molar-refractivity contribution in [2.45, 2.75) is 64.0 Å². The van der Waals surface area contributed by atoms with Gasteiger partial charge >= 0.3 is 6.09 Å². The summed E-state index contributed by atoms with van der Waals surface area (Å²) in [5.74, 6) is 0. The van der Waals surface area contributed by atoms with Crippen molar-refractivity contribution in [3.05, 3.63) is 71.8 Å². The number of carbonyl (C=O) groups is 1. The molecule has 7 nitrogen and oxygen atoms in total. The molecule has 4 atom stereocenters. The molecule has 0 aliphatic carbocycles. The number of benzene rings is 2. The summed E-state index contributed by atoms with van der Waals surface area (Å²) in [7, 11) is 0. The molecule has 1 aliphatic heterocycles. The van der Waals surface area contributed by atoms with Gasteiger partial charge in [-0.2, -0.15) is 0 Å². The molecule has 2 N–H and O–H groups in total. The minimum absolute atomic E-state index is 0.177. The Hall–Kier alpha value is -2.45. The molecule has 1 heterocycles. The predicted octanol–water partition coefficient (Wildman–Crippen LogP) is 3.44. The van der Waals surface area contributed by atoms with Gasteiger partial charge in [-0.1, -0.05) is 60.7 Å². The van der Waals surface area contributed by atoms with Crippen molar-refractivity contribution >= 4 is 6.09 Å². The summed E-state index contributed by atoms with van der Waals surface area (Å²) < 4.78 is 23.7. The van der Waals surface area contributed by atoms with E-state index in [4.69, 9.17) is 18.9 Å². The molecule has 1 fully saturated rings. The van der Waals surface area contributed by atoms with Crippen LogP contribution in [0.1, 0.15) is 31.9 Å². The zero-order valence-corrected chi connectivity index (χ0v) is 18.9. The van der Waals surface area contributed by atoms with Crippen molar-refractivity contribution < 1.29 is 28.8 Å². The average molecular weight is 444 g/mol. The number of alkyl carbamates (subject to hydrolysis) is 1. The van der Waals surface area contributed by atoms with Gasteiger partial charge in [-0.15, -0.1) is 0 Å². The van der Waals surface area contributed by atoms with E-state index >= 15 is 0 Å². The fourth-order valence-electron chi connectivity index (χ4n) is 3.55. The Morgan fingerprint density at radius 2 is 1.41 bits per heavy atom. The average Bonchev–Trinajstić information content (AvgIpc) is 3.11. The molecular weight excluding hydrogens is 410 g/mol. The van der Waals surface area contributed by atoms with Crippen molar-refractivity contribution in [1.82, 2.24) is 5.32 Å². The van der Waals surface area contributed by atoms with Crippen LogP contribution >= 0.6 is 0 Å². The summed E-state index contributed by atoms with van der Waals surface area (Å²) in [5, 5.41) is 12.7. The first-order valence-corrected chi connectivity index (χ1v) is 10.9. The van der Waals surface area contributed by atoms with E-state index in [0.717, 1.165) is 11.1 Å². The van der Waals surface area contributed by atoms with E-state index in [-0.39, 0.29) is 13.2 Å². The molecule has 3 rings (SSSR count). The van der Waals surface area contributed by atoms with Crippen LogP contribution in [0.15, 0.2) is 60.7 Å². The highest BCUT2D eigenvalue weighted by Crippen LogP contribution is 2.28. The van der Waals surface area contributed by atoms with Gasteiger partial charge in [0.05, 0.1) is 19.8 Å². The van der Waals surface area contributed by atoms with Crippen LogP contribution in [0.5, 0.6) is 0 Å². The van der Waals surface area contributed by atoms with Crippen molar-refractivity contribution in [3.63, 3.8) is 0 Å².